The number of nitrogens with one attached hydrogen (secondary N) is 2. The molecule has 1 saturated heterocycles. The van der Waals surface area contributed by atoms with Gasteiger partial charge in [-0.25, -0.2) is 5.01 Å². The minimum atomic E-state index is -0.641. The molecule has 1 aromatic carbocycles. The summed E-state index contributed by atoms with van der Waals surface area (Å²) >= 11 is 0. The summed E-state index contributed by atoms with van der Waals surface area (Å²) in [6.45, 7) is 5.08. The van der Waals surface area contributed by atoms with E-state index in [2.05, 4.69) is 15.6 Å². The molecule has 108 valence electrons. The molecule has 0 aromatic heterocycles. The molecule has 1 heterocycles. The monoisotopic (exact) mass is 276 g/mol. The van der Waals surface area contributed by atoms with Crippen molar-refractivity contribution in [1.82, 2.24) is 15.3 Å². The Morgan fingerprint density at radius 3 is 2.35 bits per heavy atom. The molecule has 0 radical (unpaired) electrons. The van der Waals surface area contributed by atoms with Crippen molar-refractivity contribution in [2.75, 3.05) is 38.5 Å². The lowest BCUT2D eigenvalue weighted by molar-refractivity contribution is -0.139. The van der Waals surface area contributed by atoms with Gasteiger partial charge >= 0.3 is 11.8 Å². The summed E-state index contributed by atoms with van der Waals surface area (Å²) in [5, 5.41) is 4.40. The minimum absolute atomic E-state index is 0.627. The molecule has 0 unspecified atom stereocenters. The van der Waals surface area contributed by atoms with E-state index >= 15 is 0 Å². The van der Waals surface area contributed by atoms with Gasteiger partial charge in [-0.15, -0.1) is 0 Å². The van der Waals surface area contributed by atoms with Crippen molar-refractivity contribution in [3.63, 3.8) is 0 Å². The maximum Gasteiger partial charge on any atom is 0.323 e. The summed E-state index contributed by atoms with van der Waals surface area (Å²) in [6.07, 6.45) is 0. The van der Waals surface area contributed by atoms with E-state index in [-0.39, 0.29) is 0 Å². The fourth-order valence-electron chi connectivity index (χ4n) is 2.00. The van der Waals surface area contributed by atoms with Crippen LogP contribution in [0.1, 0.15) is 5.56 Å². The lowest BCUT2D eigenvalue weighted by atomic mass is 10.2. The maximum absolute atomic E-state index is 11.8. The highest BCUT2D eigenvalue weighted by Gasteiger charge is 2.20. The van der Waals surface area contributed by atoms with E-state index in [4.69, 9.17) is 0 Å². The number of aryl methyl sites for hydroxylation is 1. The number of nitrogens with zero attached hydrogens (tertiary/aromatic N) is 2. The Morgan fingerprint density at radius 2 is 1.70 bits per heavy atom. The fraction of sp³-hybridized carbons (Fsp3) is 0.429. The van der Waals surface area contributed by atoms with Crippen LogP contribution in [0.15, 0.2) is 24.3 Å². The molecule has 2 rings (SSSR count). The first kappa shape index (κ1) is 14.5. The molecule has 0 spiro atoms. The average Bonchev–Trinajstić information content (AvgIpc) is 2.44. The molecule has 0 atom stereocenters. The van der Waals surface area contributed by atoms with Crippen molar-refractivity contribution < 1.29 is 9.59 Å². The number of amides is 2. The maximum atomic E-state index is 11.8. The van der Waals surface area contributed by atoms with Gasteiger partial charge < -0.3 is 10.2 Å². The van der Waals surface area contributed by atoms with Gasteiger partial charge in [0.1, 0.15) is 0 Å². The Labute approximate surface area is 118 Å². The zero-order chi connectivity index (χ0) is 14.5. The molecule has 1 aliphatic rings. The van der Waals surface area contributed by atoms with Crippen molar-refractivity contribution in [1.29, 1.82) is 0 Å². The van der Waals surface area contributed by atoms with Gasteiger partial charge in [0.25, 0.3) is 0 Å². The van der Waals surface area contributed by atoms with Gasteiger partial charge in [0.2, 0.25) is 0 Å². The van der Waals surface area contributed by atoms with Gasteiger partial charge in [-0.2, -0.15) is 0 Å². The summed E-state index contributed by atoms with van der Waals surface area (Å²) in [6, 6.07) is 7.36. The molecule has 20 heavy (non-hydrogen) atoms. The SMILES string of the molecule is Cc1ccccc1NC(=O)C(=O)NN1CCN(C)CC1. The van der Waals surface area contributed by atoms with Gasteiger partial charge in [-0.05, 0) is 25.6 Å². The number of para-hydroxylation sites is 1. The summed E-state index contributed by atoms with van der Waals surface area (Å²) in [7, 11) is 2.03. The summed E-state index contributed by atoms with van der Waals surface area (Å²) in [5.41, 5.74) is 4.22. The highest BCUT2D eigenvalue weighted by molar-refractivity contribution is 6.39. The third kappa shape index (κ3) is 3.79. The van der Waals surface area contributed by atoms with E-state index in [1.165, 1.54) is 0 Å². The van der Waals surface area contributed by atoms with Crippen molar-refractivity contribution in [3.05, 3.63) is 29.8 Å². The second-order valence-electron chi connectivity index (χ2n) is 5.00. The topological polar surface area (TPSA) is 64.7 Å². The summed E-state index contributed by atoms with van der Waals surface area (Å²) < 4.78 is 0. The van der Waals surface area contributed by atoms with Crippen molar-refractivity contribution in [2.45, 2.75) is 6.92 Å². The first-order valence-corrected chi connectivity index (χ1v) is 6.67. The van der Waals surface area contributed by atoms with Gasteiger partial charge in [-0.1, -0.05) is 18.2 Å². The van der Waals surface area contributed by atoms with Crippen LogP contribution in [-0.4, -0.2) is 54.9 Å². The van der Waals surface area contributed by atoms with Crippen LogP contribution in [0.25, 0.3) is 0 Å². The van der Waals surface area contributed by atoms with E-state index < -0.39 is 11.8 Å². The van der Waals surface area contributed by atoms with E-state index in [9.17, 15) is 9.59 Å². The highest BCUT2D eigenvalue weighted by Crippen LogP contribution is 2.12. The summed E-state index contributed by atoms with van der Waals surface area (Å²) in [5.74, 6) is -1.27. The molecule has 1 fully saturated rings. The molecular weight excluding hydrogens is 256 g/mol. The van der Waals surface area contributed by atoms with Crippen LogP contribution in [0.5, 0.6) is 0 Å². The predicted octanol–water partition coefficient (Wildman–Crippen LogP) is 0.212. The quantitative estimate of drug-likeness (QED) is 0.758. The second kappa shape index (κ2) is 6.49. The van der Waals surface area contributed by atoms with Crippen LogP contribution in [0.4, 0.5) is 5.69 Å². The lowest BCUT2D eigenvalue weighted by Gasteiger charge is -2.32. The third-order valence-electron chi connectivity index (χ3n) is 3.36. The third-order valence-corrected chi connectivity index (χ3v) is 3.36. The van der Waals surface area contributed by atoms with Crippen molar-refractivity contribution in [2.24, 2.45) is 0 Å². The lowest BCUT2D eigenvalue weighted by Crippen LogP contribution is -2.54. The Hall–Kier alpha value is -1.92. The molecule has 0 aliphatic carbocycles. The minimum Gasteiger partial charge on any atom is -0.317 e. The van der Waals surface area contributed by atoms with Gasteiger partial charge in [0.15, 0.2) is 0 Å². The van der Waals surface area contributed by atoms with Crippen molar-refractivity contribution in [3.8, 4) is 0 Å². The number of carbonyl (C=O) groups excluding carboxylic acids is 2. The van der Waals surface area contributed by atoms with E-state index in [0.717, 1.165) is 31.7 Å². The van der Waals surface area contributed by atoms with Crippen LogP contribution in [0.3, 0.4) is 0 Å². The molecule has 2 amide bonds. The zero-order valence-corrected chi connectivity index (χ0v) is 11.8. The van der Waals surface area contributed by atoms with Crippen LogP contribution < -0.4 is 10.7 Å². The number of carbonyl (C=O) groups is 2. The van der Waals surface area contributed by atoms with Gasteiger partial charge in [0, 0.05) is 31.9 Å². The average molecular weight is 276 g/mol. The first-order chi connectivity index (χ1) is 9.56. The van der Waals surface area contributed by atoms with Gasteiger partial charge in [-0.3, -0.25) is 15.0 Å². The molecule has 0 bridgehead atoms. The Kier molecular flexibility index (Phi) is 4.70. The van der Waals surface area contributed by atoms with Crippen LogP contribution in [0, 0.1) is 6.92 Å². The second-order valence-corrected chi connectivity index (χ2v) is 5.00. The normalized spacial score (nSPS) is 16.7. The Balaban J connectivity index is 1.86. The van der Waals surface area contributed by atoms with E-state index in [0.29, 0.717) is 5.69 Å². The Morgan fingerprint density at radius 1 is 1.05 bits per heavy atom. The first-order valence-electron chi connectivity index (χ1n) is 6.67. The Bertz CT molecular complexity index is 496. The molecule has 6 heteroatoms. The molecule has 0 saturated carbocycles. The number of piperazine rings is 1. The van der Waals surface area contributed by atoms with E-state index in [1.54, 1.807) is 11.1 Å². The predicted molar refractivity (Wildman–Crippen MR) is 77.0 cm³/mol. The van der Waals surface area contributed by atoms with Crippen LogP contribution in [0.2, 0.25) is 0 Å². The van der Waals surface area contributed by atoms with Gasteiger partial charge in [0.05, 0.1) is 0 Å². The standard InChI is InChI=1S/C14H20N4O2/c1-11-5-3-4-6-12(11)15-13(19)14(20)16-18-9-7-17(2)8-10-18/h3-6H,7-10H2,1-2H3,(H,15,19)(H,16,20). The highest BCUT2D eigenvalue weighted by atomic mass is 16.2. The van der Waals surface area contributed by atoms with Crippen LogP contribution in [-0.2, 0) is 9.59 Å². The molecule has 1 aliphatic heterocycles. The number of benzene rings is 1. The zero-order valence-electron chi connectivity index (χ0n) is 11.8. The molecule has 1 aromatic rings. The largest absolute Gasteiger partial charge is 0.323 e. The number of hydrogen-bond acceptors (Lipinski definition) is 4. The molecular formula is C14H20N4O2. The number of likely N-dealkylation sites (N-methyl/N-ethyl adjacent to an activating group) is 1. The number of rotatable bonds is 2. The summed E-state index contributed by atoms with van der Waals surface area (Å²) in [4.78, 5) is 25.8. The molecule has 6 nitrogen and oxygen atoms in total. The fourth-order valence-corrected chi connectivity index (χ4v) is 2.00. The molecule has 2 N–H and O–H groups in total. The van der Waals surface area contributed by atoms with Crippen LogP contribution >= 0.6 is 0 Å². The van der Waals surface area contributed by atoms with E-state index in [1.807, 2.05) is 32.2 Å². The smallest absolute Gasteiger partial charge is 0.317 e. The number of hydrogen-bond donors (Lipinski definition) is 2. The van der Waals surface area contributed by atoms with Crippen molar-refractivity contribution >= 4 is 17.5 Å². The number of anilines is 1. The number of hydrazine groups is 1.